The van der Waals surface area contributed by atoms with Gasteiger partial charge in [-0.2, -0.15) is 0 Å². The minimum Gasteiger partial charge on any atom is -0.422 e. The normalized spacial score (nSPS) is 20.6. The number of carbonyl (C=O) groups excluding carboxylic acids is 1. The lowest BCUT2D eigenvalue weighted by Gasteiger charge is -2.13. The number of hydrogen-bond acceptors (Lipinski definition) is 5. The fourth-order valence-electron chi connectivity index (χ4n) is 2.47. The number of halogens is 1. The Balaban J connectivity index is 0.00000176. The Morgan fingerprint density at radius 3 is 2.86 bits per heavy atom. The maximum atomic E-state index is 12.1. The van der Waals surface area contributed by atoms with Crippen molar-refractivity contribution in [2.75, 3.05) is 19.6 Å². The first-order valence-corrected chi connectivity index (χ1v) is 6.85. The van der Waals surface area contributed by atoms with Gasteiger partial charge in [-0.3, -0.25) is 4.79 Å². The molecule has 0 spiro atoms. The Hall–Kier alpha value is -1.89. The Bertz CT molecular complexity index is 731. The van der Waals surface area contributed by atoms with Crippen LogP contribution in [0.15, 0.2) is 39.5 Å². The van der Waals surface area contributed by atoms with E-state index in [4.69, 9.17) is 4.42 Å². The summed E-state index contributed by atoms with van der Waals surface area (Å²) in [6.45, 7) is 1.49. The van der Waals surface area contributed by atoms with Gasteiger partial charge in [-0.05, 0) is 12.1 Å². The Morgan fingerprint density at radius 1 is 1.36 bits per heavy atom. The highest BCUT2D eigenvalue weighted by Gasteiger charge is 2.25. The van der Waals surface area contributed by atoms with Gasteiger partial charge < -0.3 is 20.2 Å². The van der Waals surface area contributed by atoms with E-state index in [2.05, 4.69) is 10.6 Å². The van der Waals surface area contributed by atoms with Crippen molar-refractivity contribution in [3.8, 4) is 0 Å². The largest absolute Gasteiger partial charge is 0.422 e. The number of rotatable bonds is 3. The zero-order valence-corrected chi connectivity index (χ0v) is 12.6. The number of β-amino-alcohol motifs (C(OH)–C–C–N with tert-alkyl or cyclic N) is 1. The molecule has 6 nitrogen and oxygen atoms in total. The first kappa shape index (κ1) is 16.5. The number of carbonyl (C=O) groups is 1. The number of hydrogen-bond donors (Lipinski definition) is 3. The number of aliphatic hydroxyl groups is 1. The molecule has 2 unspecified atom stereocenters. The van der Waals surface area contributed by atoms with Crippen LogP contribution in [0.5, 0.6) is 0 Å². The molecule has 0 saturated carbocycles. The maximum absolute atomic E-state index is 12.1. The smallest absolute Gasteiger partial charge is 0.349 e. The molecule has 1 fully saturated rings. The van der Waals surface area contributed by atoms with Gasteiger partial charge in [0.15, 0.2) is 0 Å². The molecule has 0 bridgehead atoms. The van der Waals surface area contributed by atoms with Crippen molar-refractivity contribution < 1.29 is 14.3 Å². The minimum absolute atomic E-state index is 0. The molecule has 1 aliphatic heterocycles. The number of amides is 1. The molecule has 7 heteroatoms. The number of fused-ring (bicyclic) bond motifs is 1. The molecule has 2 aromatic rings. The highest BCUT2D eigenvalue weighted by atomic mass is 35.5. The second kappa shape index (κ2) is 6.91. The Kier molecular flexibility index (Phi) is 5.18. The van der Waals surface area contributed by atoms with Crippen LogP contribution in [-0.2, 0) is 0 Å². The van der Waals surface area contributed by atoms with Gasteiger partial charge in [-0.1, -0.05) is 18.2 Å². The molecule has 3 N–H and O–H groups in total. The van der Waals surface area contributed by atoms with Crippen molar-refractivity contribution >= 4 is 29.3 Å². The summed E-state index contributed by atoms with van der Waals surface area (Å²) in [5, 5.41) is 16.1. The van der Waals surface area contributed by atoms with Crippen molar-refractivity contribution in [3.63, 3.8) is 0 Å². The van der Waals surface area contributed by atoms with Crippen LogP contribution in [0.25, 0.3) is 11.0 Å². The molecule has 0 aliphatic carbocycles. The Labute approximate surface area is 132 Å². The zero-order chi connectivity index (χ0) is 14.8. The first-order valence-electron chi connectivity index (χ1n) is 6.85. The number of nitrogens with one attached hydrogen (secondary N) is 2. The molecule has 118 valence electrons. The van der Waals surface area contributed by atoms with Crippen LogP contribution in [0, 0.1) is 5.92 Å². The van der Waals surface area contributed by atoms with E-state index < -0.39 is 17.6 Å². The van der Waals surface area contributed by atoms with Crippen molar-refractivity contribution in [2.45, 2.75) is 6.10 Å². The fourth-order valence-corrected chi connectivity index (χ4v) is 2.47. The van der Waals surface area contributed by atoms with Crippen molar-refractivity contribution in [1.82, 2.24) is 10.6 Å². The van der Waals surface area contributed by atoms with Crippen molar-refractivity contribution in [3.05, 3.63) is 46.3 Å². The summed E-state index contributed by atoms with van der Waals surface area (Å²) in [5.41, 5.74) is -0.222. The number of benzene rings is 1. The van der Waals surface area contributed by atoms with Gasteiger partial charge in [0, 0.05) is 30.9 Å². The van der Waals surface area contributed by atoms with Crippen LogP contribution in [-0.4, -0.2) is 36.8 Å². The van der Waals surface area contributed by atoms with E-state index in [-0.39, 0.29) is 23.9 Å². The average Bonchev–Trinajstić information content (AvgIpc) is 2.89. The summed E-state index contributed by atoms with van der Waals surface area (Å²) in [4.78, 5) is 23.9. The molecule has 2 atom stereocenters. The summed E-state index contributed by atoms with van der Waals surface area (Å²) in [6.07, 6.45) is -0.474. The summed E-state index contributed by atoms with van der Waals surface area (Å²) < 4.78 is 5.13. The standard InChI is InChI=1S/C15H16N2O4.ClH/c18-12-8-16-6-10(12)7-17-14(19)11-5-9-3-1-2-4-13(9)21-15(11)20;/h1-5,10,12,16,18H,6-8H2,(H,17,19);1H. The van der Waals surface area contributed by atoms with Gasteiger partial charge in [0.2, 0.25) is 0 Å². The van der Waals surface area contributed by atoms with Crippen molar-refractivity contribution in [1.29, 1.82) is 0 Å². The molecule has 1 aromatic carbocycles. The molecular weight excluding hydrogens is 308 g/mol. The second-order valence-electron chi connectivity index (χ2n) is 5.18. The molecular formula is C15H17ClN2O4. The third-order valence-electron chi connectivity index (χ3n) is 3.72. The van der Waals surface area contributed by atoms with E-state index >= 15 is 0 Å². The van der Waals surface area contributed by atoms with Gasteiger partial charge in [-0.15, -0.1) is 12.4 Å². The molecule has 3 rings (SSSR count). The molecule has 1 amide bonds. The van der Waals surface area contributed by atoms with Crippen LogP contribution >= 0.6 is 12.4 Å². The van der Waals surface area contributed by atoms with Gasteiger partial charge in [0.1, 0.15) is 11.1 Å². The second-order valence-corrected chi connectivity index (χ2v) is 5.18. The third kappa shape index (κ3) is 3.30. The van der Waals surface area contributed by atoms with Crippen LogP contribution in [0.1, 0.15) is 10.4 Å². The van der Waals surface area contributed by atoms with Crippen LogP contribution in [0.2, 0.25) is 0 Å². The van der Waals surface area contributed by atoms with Gasteiger partial charge in [-0.25, -0.2) is 4.79 Å². The average molecular weight is 325 g/mol. The summed E-state index contributed by atoms with van der Waals surface area (Å²) >= 11 is 0. The van der Waals surface area contributed by atoms with E-state index in [9.17, 15) is 14.7 Å². The molecule has 22 heavy (non-hydrogen) atoms. The number of para-hydroxylation sites is 1. The molecule has 2 heterocycles. The van der Waals surface area contributed by atoms with E-state index in [0.717, 1.165) is 0 Å². The molecule has 1 aromatic heterocycles. The van der Waals surface area contributed by atoms with Crippen molar-refractivity contribution in [2.24, 2.45) is 5.92 Å². The quantitative estimate of drug-likeness (QED) is 0.716. The highest BCUT2D eigenvalue weighted by Crippen LogP contribution is 2.13. The first-order chi connectivity index (χ1) is 10.1. The number of aliphatic hydroxyl groups excluding tert-OH is 1. The molecule has 1 saturated heterocycles. The maximum Gasteiger partial charge on any atom is 0.349 e. The topological polar surface area (TPSA) is 91.6 Å². The lowest BCUT2D eigenvalue weighted by molar-refractivity contribution is 0.0923. The predicted octanol–water partition coefficient (Wildman–Crippen LogP) is 0.525. The molecule has 1 aliphatic rings. The Morgan fingerprint density at radius 2 is 2.14 bits per heavy atom. The van der Waals surface area contributed by atoms with E-state index in [1.54, 1.807) is 18.2 Å². The van der Waals surface area contributed by atoms with Crippen LogP contribution in [0.4, 0.5) is 0 Å². The van der Waals surface area contributed by atoms with Gasteiger partial charge in [0.05, 0.1) is 6.10 Å². The van der Waals surface area contributed by atoms with Crippen LogP contribution in [0.3, 0.4) is 0 Å². The summed E-state index contributed by atoms with van der Waals surface area (Å²) in [5.74, 6) is -0.518. The lowest BCUT2D eigenvalue weighted by atomic mass is 10.1. The fraction of sp³-hybridized carbons (Fsp3) is 0.333. The summed E-state index contributed by atoms with van der Waals surface area (Å²) in [6, 6.07) is 8.56. The monoisotopic (exact) mass is 324 g/mol. The molecule has 0 radical (unpaired) electrons. The SMILES string of the molecule is Cl.O=C(NCC1CNCC1O)c1cc2ccccc2oc1=O. The summed E-state index contributed by atoms with van der Waals surface area (Å²) in [7, 11) is 0. The highest BCUT2D eigenvalue weighted by molar-refractivity contribution is 5.96. The van der Waals surface area contributed by atoms with E-state index in [1.807, 2.05) is 6.07 Å². The third-order valence-corrected chi connectivity index (χ3v) is 3.72. The van der Waals surface area contributed by atoms with E-state index in [1.165, 1.54) is 6.07 Å². The zero-order valence-electron chi connectivity index (χ0n) is 11.7. The van der Waals surface area contributed by atoms with Crippen LogP contribution < -0.4 is 16.3 Å². The minimum atomic E-state index is -0.656. The predicted molar refractivity (Wildman–Crippen MR) is 84.4 cm³/mol. The lowest BCUT2D eigenvalue weighted by Crippen LogP contribution is -2.36. The van der Waals surface area contributed by atoms with E-state index in [0.29, 0.717) is 30.6 Å². The van der Waals surface area contributed by atoms with Gasteiger partial charge >= 0.3 is 5.63 Å². The van der Waals surface area contributed by atoms with Gasteiger partial charge in [0.25, 0.3) is 5.91 Å².